The van der Waals surface area contributed by atoms with Crippen LogP contribution in [-0.2, 0) is 0 Å². The highest BCUT2D eigenvalue weighted by Crippen LogP contribution is 2.20. The minimum absolute atomic E-state index is 1.17. The van der Waals surface area contributed by atoms with Gasteiger partial charge in [0.2, 0.25) is 0 Å². The SMILES string of the molecule is Cc1cc(C)cc(-c2[c]cccc2)c1. The Morgan fingerprint density at radius 1 is 0.929 bits per heavy atom. The van der Waals surface area contributed by atoms with Gasteiger partial charge in [0.15, 0.2) is 0 Å². The van der Waals surface area contributed by atoms with Gasteiger partial charge in [-0.15, -0.1) is 0 Å². The van der Waals surface area contributed by atoms with Crippen LogP contribution in [0, 0.1) is 19.9 Å². The molecule has 2 aromatic rings. The number of aryl methyl sites for hydroxylation is 2. The van der Waals surface area contributed by atoms with Crippen molar-refractivity contribution in [2.75, 3.05) is 0 Å². The Morgan fingerprint density at radius 2 is 1.64 bits per heavy atom. The lowest BCUT2D eigenvalue weighted by Crippen LogP contribution is -1.82. The first kappa shape index (κ1) is 9.01. The molecule has 0 amide bonds. The number of hydrogen-bond acceptors (Lipinski definition) is 0. The molecule has 0 nitrogen and oxygen atoms in total. The summed E-state index contributed by atoms with van der Waals surface area (Å²) in [6, 6.07) is 17.9. The molecule has 2 aromatic carbocycles. The van der Waals surface area contributed by atoms with E-state index in [-0.39, 0.29) is 0 Å². The van der Waals surface area contributed by atoms with Crippen LogP contribution in [0.4, 0.5) is 0 Å². The van der Waals surface area contributed by atoms with Gasteiger partial charge in [0.05, 0.1) is 0 Å². The molecule has 0 unspecified atom stereocenters. The van der Waals surface area contributed by atoms with Gasteiger partial charge in [-0.3, -0.25) is 0 Å². The van der Waals surface area contributed by atoms with Crippen molar-refractivity contribution in [3.8, 4) is 11.1 Å². The zero-order chi connectivity index (χ0) is 9.97. The van der Waals surface area contributed by atoms with Crippen molar-refractivity contribution in [3.05, 3.63) is 59.7 Å². The number of rotatable bonds is 1. The Hall–Kier alpha value is -1.56. The summed E-state index contributed by atoms with van der Waals surface area (Å²) < 4.78 is 0. The Morgan fingerprint density at radius 3 is 2.21 bits per heavy atom. The fourth-order valence-corrected chi connectivity index (χ4v) is 1.70. The van der Waals surface area contributed by atoms with E-state index in [9.17, 15) is 0 Å². The van der Waals surface area contributed by atoms with Crippen LogP contribution in [0.3, 0.4) is 0 Å². The average Bonchev–Trinajstić information content (AvgIpc) is 2.18. The first-order chi connectivity index (χ1) is 6.75. The van der Waals surface area contributed by atoms with Crippen LogP contribution < -0.4 is 0 Å². The third-order valence-electron chi connectivity index (χ3n) is 2.24. The van der Waals surface area contributed by atoms with Crippen LogP contribution in [-0.4, -0.2) is 0 Å². The predicted molar refractivity (Wildman–Crippen MR) is 60.2 cm³/mol. The lowest BCUT2D eigenvalue weighted by molar-refractivity contribution is 1.38. The fraction of sp³-hybridized carbons (Fsp3) is 0.143. The number of benzene rings is 2. The molecule has 0 saturated heterocycles. The molecule has 2 rings (SSSR count). The average molecular weight is 181 g/mol. The Balaban J connectivity index is 2.52. The second kappa shape index (κ2) is 3.67. The van der Waals surface area contributed by atoms with Gasteiger partial charge in [-0.25, -0.2) is 0 Å². The van der Waals surface area contributed by atoms with E-state index in [1.807, 2.05) is 18.2 Å². The molecule has 0 aliphatic rings. The van der Waals surface area contributed by atoms with E-state index in [0.29, 0.717) is 0 Å². The van der Waals surface area contributed by atoms with Gasteiger partial charge < -0.3 is 0 Å². The molecule has 0 saturated carbocycles. The van der Waals surface area contributed by atoms with Gasteiger partial charge >= 0.3 is 0 Å². The first-order valence-electron chi connectivity index (χ1n) is 4.81. The van der Waals surface area contributed by atoms with Crippen LogP contribution >= 0.6 is 0 Å². The standard InChI is InChI=1S/C14H13/c1-11-8-12(2)10-14(9-11)13-6-4-3-5-7-13/h3-6,8-10H,1-2H3. The molecule has 0 heteroatoms. The quantitative estimate of drug-likeness (QED) is 0.628. The molecule has 0 spiro atoms. The van der Waals surface area contributed by atoms with Gasteiger partial charge in [-0.2, -0.15) is 0 Å². The molecule has 14 heavy (non-hydrogen) atoms. The zero-order valence-electron chi connectivity index (χ0n) is 8.54. The summed E-state index contributed by atoms with van der Waals surface area (Å²) in [5, 5.41) is 0. The van der Waals surface area contributed by atoms with Gasteiger partial charge in [0, 0.05) is 0 Å². The summed E-state index contributed by atoms with van der Waals surface area (Å²) in [4.78, 5) is 0. The van der Waals surface area contributed by atoms with Crippen molar-refractivity contribution in [1.29, 1.82) is 0 Å². The van der Waals surface area contributed by atoms with Gasteiger partial charge in [0.25, 0.3) is 0 Å². The number of hydrogen-bond donors (Lipinski definition) is 0. The van der Waals surface area contributed by atoms with Gasteiger partial charge in [0.1, 0.15) is 0 Å². The molecule has 0 N–H and O–H groups in total. The molecule has 0 aromatic heterocycles. The van der Waals surface area contributed by atoms with Crippen molar-refractivity contribution in [3.63, 3.8) is 0 Å². The van der Waals surface area contributed by atoms with E-state index < -0.39 is 0 Å². The van der Waals surface area contributed by atoms with Crippen LogP contribution in [0.5, 0.6) is 0 Å². The molecule has 1 radical (unpaired) electrons. The summed E-state index contributed by atoms with van der Waals surface area (Å²) in [6.45, 7) is 4.25. The predicted octanol–water partition coefficient (Wildman–Crippen LogP) is 3.77. The third-order valence-corrected chi connectivity index (χ3v) is 2.24. The summed E-state index contributed by atoms with van der Waals surface area (Å²) in [5.41, 5.74) is 5.02. The van der Waals surface area contributed by atoms with Gasteiger partial charge in [-0.1, -0.05) is 53.6 Å². The minimum Gasteiger partial charge on any atom is -0.0616 e. The third kappa shape index (κ3) is 1.85. The summed E-state index contributed by atoms with van der Waals surface area (Å²) >= 11 is 0. The smallest absolute Gasteiger partial charge is 0.00992 e. The Bertz CT molecular complexity index is 407. The van der Waals surface area contributed by atoms with Crippen molar-refractivity contribution in [2.24, 2.45) is 0 Å². The second-order valence-corrected chi connectivity index (χ2v) is 3.65. The normalized spacial score (nSPS) is 10.1. The van der Waals surface area contributed by atoms with Gasteiger partial charge in [-0.05, 0) is 31.0 Å². The van der Waals surface area contributed by atoms with E-state index in [0.717, 1.165) is 0 Å². The fourth-order valence-electron chi connectivity index (χ4n) is 1.70. The largest absolute Gasteiger partial charge is 0.0616 e. The summed E-state index contributed by atoms with van der Waals surface area (Å²) in [7, 11) is 0. The highest BCUT2D eigenvalue weighted by atomic mass is 14.0. The molecule has 0 aliphatic carbocycles. The van der Waals surface area contributed by atoms with Crippen molar-refractivity contribution in [1.82, 2.24) is 0 Å². The van der Waals surface area contributed by atoms with Crippen LogP contribution in [0.15, 0.2) is 42.5 Å². The first-order valence-corrected chi connectivity index (χ1v) is 4.81. The molecule has 0 fully saturated rings. The molecular formula is C14H13. The topological polar surface area (TPSA) is 0 Å². The van der Waals surface area contributed by atoms with E-state index in [1.54, 1.807) is 0 Å². The van der Waals surface area contributed by atoms with Crippen molar-refractivity contribution >= 4 is 0 Å². The Labute approximate surface area is 85.2 Å². The minimum atomic E-state index is 1.17. The highest BCUT2D eigenvalue weighted by molar-refractivity contribution is 5.64. The monoisotopic (exact) mass is 181 g/mol. The molecule has 0 atom stereocenters. The maximum Gasteiger partial charge on any atom is -0.00992 e. The molecular weight excluding hydrogens is 168 g/mol. The Kier molecular flexibility index (Phi) is 2.36. The van der Waals surface area contributed by atoms with Crippen molar-refractivity contribution < 1.29 is 0 Å². The maximum atomic E-state index is 3.24. The lowest BCUT2D eigenvalue weighted by atomic mass is 10.0. The van der Waals surface area contributed by atoms with Crippen LogP contribution in [0.1, 0.15) is 11.1 Å². The molecule has 0 heterocycles. The van der Waals surface area contributed by atoms with Crippen LogP contribution in [0.2, 0.25) is 0 Å². The maximum absolute atomic E-state index is 3.24. The zero-order valence-corrected chi connectivity index (χ0v) is 8.54. The lowest BCUT2D eigenvalue weighted by Gasteiger charge is -2.04. The summed E-state index contributed by atoms with van der Waals surface area (Å²) in [6.07, 6.45) is 0. The van der Waals surface area contributed by atoms with E-state index in [4.69, 9.17) is 0 Å². The molecule has 0 aliphatic heterocycles. The second-order valence-electron chi connectivity index (χ2n) is 3.65. The molecule has 0 bridgehead atoms. The van der Waals surface area contributed by atoms with Crippen LogP contribution in [0.25, 0.3) is 11.1 Å². The van der Waals surface area contributed by atoms with E-state index in [2.05, 4.69) is 44.2 Å². The highest BCUT2D eigenvalue weighted by Gasteiger charge is 1.98. The van der Waals surface area contributed by atoms with E-state index >= 15 is 0 Å². The van der Waals surface area contributed by atoms with Crippen molar-refractivity contribution in [2.45, 2.75) is 13.8 Å². The van der Waals surface area contributed by atoms with E-state index in [1.165, 1.54) is 22.3 Å². The molecule has 69 valence electrons. The summed E-state index contributed by atoms with van der Waals surface area (Å²) in [5.74, 6) is 0.